The van der Waals surface area contributed by atoms with Gasteiger partial charge >= 0.3 is 13.8 Å². The summed E-state index contributed by atoms with van der Waals surface area (Å²) in [4.78, 5) is 21.2. The summed E-state index contributed by atoms with van der Waals surface area (Å²) in [5.74, 6) is -0.501. The van der Waals surface area contributed by atoms with Gasteiger partial charge in [-0.15, -0.1) is 0 Å². The number of hydrogen-bond donors (Lipinski definition) is 1. The molecule has 0 rings (SSSR count). The van der Waals surface area contributed by atoms with Gasteiger partial charge in [-0.25, -0.2) is 4.57 Å². The van der Waals surface area contributed by atoms with Crippen molar-refractivity contribution < 1.29 is 37.3 Å². The molecule has 0 aromatic carbocycles. The van der Waals surface area contributed by atoms with Gasteiger partial charge in [0.25, 0.3) is 0 Å². The number of nitrogens with zero attached hydrogens (tertiary/aromatic N) is 1. The summed E-state index contributed by atoms with van der Waals surface area (Å²) in [6.07, 6.45) is 27.6. The molecule has 0 aliphatic carbocycles. The molecule has 8 nitrogen and oxygen atoms in total. The summed E-state index contributed by atoms with van der Waals surface area (Å²) < 4.78 is 33.4. The van der Waals surface area contributed by atoms with Crippen LogP contribution in [0.2, 0.25) is 0 Å². The van der Waals surface area contributed by atoms with Crippen LogP contribution in [-0.4, -0.2) is 75.6 Å². The molecule has 0 aromatic heterocycles. The van der Waals surface area contributed by atoms with Crippen molar-refractivity contribution in [1.82, 2.24) is 0 Å². The summed E-state index contributed by atoms with van der Waals surface area (Å²) in [5, 5.41) is 0. The molecule has 2 unspecified atom stereocenters. The van der Waals surface area contributed by atoms with Crippen LogP contribution in [0.15, 0.2) is 48.6 Å². The van der Waals surface area contributed by atoms with Crippen molar-refractivity contribution in [3.63, 3.8) is 0 Å². The van der Waals surface area contributed by atoms with E-state index >= 15 is 0 Å². The van der Waals surface area contributed by atoms with Crippen molar-refractivity contribution in [2.75, 3.05) is 54.1 Å². The summed E-state index contributed by atoms with van der Waals surface area (Å²) in [6, 6.07) is 0. The van der Waals surface area contributed by atoms with E-state index in [0.29, 0.717) is 17.6 Å². The highest BCUT2D eigenvalue weighted by atomic mass is 31.2. The largest absolute Gasteiger partial charge is 0.472 e. The number of allylic oxidation sites excluding steroid dienone is 8. The van der Waals surface area contributed by atoms with Crippen molar-refractivity contribution in [2.45, 2.75) is 84.2 Å². The second-order valence-electron chi connectivity index (χ2n) is 10.5. The highest BCUT2D eigenvalue weighted by Crippen LogP contribution is 2.43. The third kappa shape index (κ3) is 29.3. The van der Waals surface area contributed by atoms with E-state index in [-0.39, 0.29) is 19.8 Å². The van der Waals surface area contributed by atoms with Crippen LogP contribution in [0.25, 0.3) is 0 Å². The van der Waals surface area contributed by atoms with Crippen LogP contribution in [0.4, 0.5) is 0 Å². The zero-order chi connectivity index (χ0) is 29.2. The zero-order valence-corrected chi connectivity index (χ0v) is 26.0. The SMILES string of the molecule is CC/C=C\C/C=C\C/C=C\C/C=C\CCCCCCCOCC(COP(=O)(O)OCC[N+](C)(C)C)OC(C)=O. The standard InChI is InChI=1S/C30H54NO7P/c1-6-7-8-9-10-11-12-13-14-15-16-17-18-19-20-21-22-23-25-35-27-30(38-29(2)32)28-37-39(33,34)36-26-24-31(3,4)5/h7-8,10-11,13-14,16-17,30H,6,9,12,15,18-28H2,1-5H3/p+1/b8-7-,11-10-,14-13-,17-16-. The van der Waals surface area contributed by atoms with Crippen LogP contribution in [0.3, 0.4) is 0 Å². The molecule has 0 bridgehead atoms. The van der Waals surface area contributed by atoms with Gasteiger partial charge in [0.15, 0.2) is 0 Å². The van der Waals surface area contributed by atoms with E-state index < -0.39 is 19.9 Å². The average molecular weight is 573 g/mol. The van der Waals surface area contributed by atoms with Gasteiger partial charge in [-0.2, -0.15) is 0 Å². The van der Waals surface area contributed by atoms with Crippen molar-refractivity contribution in [3.05, 3.63) is 48.6 Å². The first-order valence-corrected chi connectivity index (χ1v) is 15.8. The molecule has 1 N–H and O–H groups in total. The van der Waals surface area contributed by atoms with Gasteiger partial charge in [-0.3, -0.25) is 13.8 Å². The van der Waals surface area contributed by atoms with Crippen LogP contribution >= 0.6 is 7.82 Å². The van der Waals surface area contributed by atoms with Crippen LogP contribution in [0, 0.1) is 0 Å². The van der Waals surface area contributed by atoms with E-state index in [4.69, 9.17) is 18.5 Å². The number of quaternary nitrogens is 1. The molecule has 9 heteroatoms. The minimum absolute atomic E-state index is 0.0788. The molecular formula is C30H55NO7P+. The first-order chi connectivity index (χ1) is 18.6. The lowest BCUT2D eigenvalue weighted by molar-refractivity contribution is -0.870. The number of phosphoric acid groups is 1. The van der Waals surface area contributed by atoms with Gasteiger partial charge in [0.2, 0.25) is 0 Å². The third-order valence-electron chi connectivity index (χ3n) is 5.45. The molecule has 0 aromatic rings. The zero-order valence-electron chi connectivity index (χ0n) is 25.1. The molecule has 0 spiro atoms. The Labute approximate surface area is 237 Å². The Morgan fingerprint density at radius 3 is 1.95 bits per heavy atom. The molecule has 2 atom stereocenters. The van der Waals surface area contributed by atoms with Crippen molar-refractivity contribution in [3.8, 4) is 0 Å². The third-order valence-corrected chi connectivity index (χ3v) is 6.44. The van der Waals surface area contributed by atoms with E-state index in [1.807, 2.05) is 21.1 Å². The normalized spacial score (nSPS) is 15.1. The number of rotatable bonds is 25. The van der Waals surface area contributed by atoms with Gasteiger partial charge in [0.1, 0.15) is 19.3 Å². The highest BCUT2D eigenvalue weighted by molar-refractivity contribution is 7.47. The van der Waals surface area contributed by atoms with Gasteiger partial charge in [0, 0.05) is 13.5 Å². The molecule has 0 saturated carbocycles. The maximum absolute atomic E-state index is 12.1. The Kier molecular flexibility index (Phi) is 23.3. The van der Waals surface area contributed by atoms with E-state index in [1.54, 1.807) is 0 Å². The first kappa shape index (κ1) is 37.5. The summed E-state index contributed by atoms with van der Waals surface area (Å²) >= 11 is 0. The molecule has 0 aliphatic rings. The van der Waals surface area contributed by atoms with Crippen LogP contribution < -0.4 is 0 Å². The molecule has 0 saturated heterocycles. The molecule has 0 radical (unpaired) electrons. The quantitative estimate of drug-likeness (QED) is 0.0417. The number of likely N-dealkylation sites (N-methyl/N-ethyl adjacent to an activating group) is 1. The first-order valence-electron chi connectivity index (χ1n) is 14.3. The minimum Gasteiger partial charge on any atom is -0.458 e. The van der Waals surface area contributed by atoms with E-state index in [2.05, 4.69) is 55.5 Å². The smallest absolute Gasteiger partial charge is 0.458 e. The van der Waals surface area contributed by atoms with Crippen molar-refractivity contribution in [2.24, 2.45) is 0 Å². The fourth-order valence-electron chi connectivity index (χ4n) is 3.30. The number of carbonyl (C=O) groups is 1. The number of ether oxygens (including phenoxy) is 2. The molecule has 0 heterocycles. The lowest BCUT2D eigenvalue weighted by atomic mass is 10.1. The number of hydrogen-bond acceptors (Lipinski definition) is 6. The molecule has 0 aliphatic heterocycles. The molecule has 0 amide bonds. The topological polar surface area (TPSA) is 91.3 Å². The Bertz CT molecular complexity index is 772. The van der Waals surface area contributed by atoms with Crippen molar-refractivity contribution >= 4 is 13.8 Å². The fourth-order valence-corrected chi connectivity index (χ4v) is 4.05. The number of carbonyl (C=O) groups excluding carboxylic acids is 1. The Hall–Kier alpha value is -1.54. The monoisotopic (exact) mass is 572 g/mol. The Morgan fingerprint density at radius 1 is 0.795 bits per heavy atom. The lowest BCUT2D eigenvalue weighted by Gasteiger charge is -2.24. The number of phosphoric ester groups is 1. The number of unbranched alkanes of at least 4 members (excludes halogenated alkanes) is 5. The molecular weight excluding hydrogens is 517 g/mol. The molecule has 226 valence electrons. The van der Waals surface area contributed by atoms with Gasteiger partial charge in [-0.05, 0) is 44.9 Å². The predicted octanol–water partition coefficient (Wildman–Crippen LogP) is 6.92. The fraction of sp³-hybridized carbons (Fsp3) is 0.700. The second-order valence-corrected chi connectivity index (χ2v) is 11.9. The molecule has 39 heavy (non-hydrogen) atoms. The van der Waals surface area contributed by atoms with Gasteiger partial charge < -0.3 is 18.9 Å². The Balaban J connectivity index is 3.84. The van der Waals surface area contributed by atoms with Crippen LogP contribution in [-0.2, 0) is 27.9 Å². The maximum atomic E-state index is 12.1. The Morgan fingerprint density at radius 2 is 1.36 bits per heavy atom. The van der Waals surface area contributed by atoms with Crippen LogP contribution in [0.1, 0.15) is 78.1 Å². The lowest BCUT2D eigenvalue weighted by Crippen LogP contribution is -2.37. The second kappa shape index (κ2) is 24.3. The summed E-state index contributed by atoms with van der Waals surface area (Å²) in [5.41, 5.74) is 0. The van der Waals surface area contributed by atoms with E-state index in [1.165, 1.54) is 19.8 Å². The predicted molar refractivity (Wildman–Crippen MR) is 159 cm³/mol. The van der Waals surface area contributed by atoms with E-state index in [9.17, 15) is 14.3 Å². The maximum Gasteiger partial charge on any atom is 0.472 e. The van der Waals surface area contributed by atoms with Gasteiger partial charge in [-0.1, -0.05) is 74.8 Å². The average Bonchev–Trinajstić information content (AvgIpc) is 2.84. The summed E-state index contributed by atoms with van der Waals surface area (Å²) in [7, 11) is 1.63. The summed E-state index contributed by atoms with van der Waals surface area (Å²) in [6.45, 7) is 4.42. The van der Waals surface area contributed by atoms with Gasteiger partial charge in [0.05, 0.1) is 34.4 Å². The van der Waals surface area contributed by atoms with E-state index in [0.717, 1.165) is 51.4 Å². The highest BCUT2D eigenvalue weighted by Gasteiger charge is 2.25. The van der Waals surface area contributed by atoms with Crippen LogP contribution in [0.5, 0.6) is 0 Å². The number of esters is 1. The minimum atomic E-state index is -4.23. The molecule has 0 fully saturated rings. The van der Waals surface area contributed by atoms with Crippen molar-refractivity contribution in [1.29, 1.82) is 0 Å².